The predicted octanol–water partition coefficient (Wildman–Crippen LogP) is 7.26. The fourth-order valence-corrected chi connectivity index (χ4v) is 5.21. The molecule has 43 heavy (non-hydrogen) atoms. The Morgan fingerprint density at radius 2 is 1.70 bits per heavy atom. The molecule has 1 aliphatic heterocycles. The van der Waals surface area contributed by atoms with E-state index >= 15 is 0 Å². The molecule has 0 aromatic heterocycles. The molecule has 0 radical (unpaired) electrons. The number of hydrazine groups is 1. The van der Waals surface area contributed by atoms with Gasteiger partial charge in [0.25, 0.3) is 5.91 Å². The van der Waals surface area contributed by atoms with E-state index in [4.69, 9.17) is 42.8 Å². The highest BCUT2D eigenvalue weighted by Gasteiger charge is 2.53. The number of carbonyl (C=O) groups is 1. The standard InChI is InChI=1S/C34H31Cl2N3O4/c35-26-16-19-29(30(36)23-26)31-34(20-7-11-24-9-3-1-4-10-24,33(41)39-38-27-12-5-2-6-13-27)37-32(43-31)25-14-17-28(18-15-25)42-22-8-21-40/h1-7,9-19,23,31,38,40H,8,20-22H2,(H,39,41)/b11-7+/t31-,34-/m0/s1. The van der Waals surface area contributed by atoms with Gasteiger partial charge in [0.1, 0.15) is 5.75 Å². The van der Waals surface area contributed by atoms with Gasteiger partial charge in [-0.2, -0.15) is 0 Å². The van der Waals surface area contributed by atoms with Crippen molar-refractivity contribution in [2.75, 3.05) is 18.6 Å². The third-order valence-corrected chi connectivity index (χ3v) is 7.47. The Bertz CT molecular complexity index is 1580. The minimum Gasteiger partial charge on any atom is -0.494 e. The minimum atomic E-state index is -1.43. The van der Waals surface area contributed by atoms with E-state index < -0.39 is 17.6 Å². The topological polar surface area (TPSA) is 92.2 Å². The number of nitrogens with one attached hydrogen (secondary N) is 2. The molecule has 0 spiro atoms. The minimum absolute atomic E-state index is 0.0549. The van der Waals surface area contributed by atoms with E-state index in [1.807, 2.05) is 84.9 Å². The van der Waals surface area contributed by atoms with Crippen LogP contribution in [0.15, 0.2) is 114 Å². The lowest BCUT2D eigenvalue weighted by atomic mass is 9.84. The summed E-state index contributed by atoms with van der Waals surface area (Å²) in [6, 6.07) is 31.5. The summed E-state index contributed by atoms with van der Waals surface area (Å²) in [6.07, 6.45) is 3.74. The normalized spacial score (nSPS) is 17.7. The lowest BCUT2D eigenvalue weighted by Crippen LogP contribution is -2.49. The molecule has 3 N–H and O–H groups in total. The number of nitrogens with zero attached hydrogens (tertiary/aromatic N) is 1. The molecular formula is C34H31Cl2N3O4. The summed E-state index contributed by atoms with van der Waals surface area (Å²) in [5.74, 6) is 0.542. The van der Waals surface area contributed by atoms with Crippen LogP contribution in [0.2, 0.25) is 10.0 Å². The highest BCUT2D eigenvalue weighted by molar-refractivity contribution is 6.35. The van der Waals surface area contributed by atoms with Gasteiger partial charge < -0.3 is 14.6 Å². The first kappa shape index (κ1) is 30.2. The van der Waals surface area contributed by atoms with E-state index in [2.05, 4.69) is 10.9 Å². The van der Waals surface area contributed by atoms with Crippen molar-refractivity contribution in [2.24, 2.45) is 4.99 Å². The highest BCUT2D eigenvalue weighted by atomic mass is 35.5. The van der Waals surface area contributed by atoms with Crippen LogP contribution in [0, 0.1) is 0 Å². The Balaban J connectivity index is 1.54. The number of rotatable bonds is 12. The fourth-order valence-electron chi connectivity index (χ4n) is 4.70. The second-order valence-corrected chi connectivity index (χ2v) is 10.8. The Morgan fingerprint density at radius 1 is 0.977 bits per heavy atom. The number of aliphatic hydroxyl groups excluding tert-OH is 1. The van der Waals surface area contributed by atoms with E-state index in [0.29, 0.717) is 51.5 Å². The lowest BCUT2D eigenvalue weighted by Gasteiger charge is -2.30. The number of anilines is 1. The van der Waals surface area contributed by atoms with Gasteiger partial charge in [-0.05, 0) is 54.1 Å². The lowest BCUT2D eigenvalue weighted by molar-refractivity contribution is -0.128. The quantitative estimate of drug-likeness (QED) is 0.115. The van der Waals surface area contributed by atoms with Gasteiger partial charge >= 0.3 is 0 Å². The van der Waals surface area contributed by atoms with Crippen LogP contribution in [0.3, 0.4) is 0 Å². The number of para-hydroxylation sites is 1. The molecule has 1 aliphatic rings. The average Bonchev–Trinajstić information content (AvgIpc) is 3.41. The first-order chi connectivity index (χ1) is 21.0. The maximum absolute atomic E-state index is 14.2. The highest BCUT2D eigenvalue weighted by Crippen LogP contribution is 2.45. The smallest absolute Gasteiger partial charge is 0.270 e. The number of benzene rings is 4. The molecule has 1 heterocycles. The molecule has 0 saturated carbocycles. The molecule has 5 rings (SSSR count). The third kappa shape index (κ3) is 7.38. The molecule has 220 valence electrons. The van der Waals surface area contributed by atoms with E-state index in [1.165, 1.54) is 0 Å². The van der Waals surface area contributed by atoms with Crippen molar-refractivity contribution in [3.8, 4) is 5.75 Å². The molecule has 9 heteroatoms. The molecule has 0 bridgehead atoms. The first-order valence-electron chi connectivity index (χ1n) is 13.9. The van der Waals surface area contributed by atoms with Crippen LogP contribution in [0.5, 0.6) is 5.75 Å². The van der Waals surface area contributed by atoms with E-state index in [-0.39, 0.29) is 13.0 Å². The van der Waals surface area contributed by atoms with Gasteiger partial charge in [0.05, 0.1) is 12.3 Å². The first-order valence-corrected chi connectivity index (χ1v) is 14.6. The average molecular weight is 617 g/mol. The van der Waals surface area contributed by atoms with Crippen LogP contribution in [-0.4, -0.2) is 35.7 Å². The zero-order valence-corrected chi connectivity index (χ0v) is 24.8. The van der Waals surface area contributed by atoms with Gasteiger partial charge in [0.15, 0.2) is 11.6 Å². The van der Waals surface area contributed by atoms with Gasteiger partial charge in [-0.3, -0.25) is 15.6 Å². The third-order valence-electron chi connectivity index (χ3n) is 6.91. The number of hydrogen-bond acceptors (Lipinski definition) is 6. The fraction of sp³-hybridized carbons (Fsp3) is 0.176. The van der Waals surface area contributed by atoms with Crippen molar-refractivity contribution in [1.29, 1.82) is 0 Å². The monoisotopic (exact) mass is 615 g/mol. The van der Waals surface area contributed by atoms with E-state index in [9.17, 15) is 4.79 Å². The molecule has 0 aliphatic carbocycles. The van der Waals surface area contributed by atoms with Gasteiger partial charge in [0, 0.05) is 40.6 Å². The number of amides is 1. The predicted molar refractivity (Wildman–Crippen MR) is 171 cm³/mol. The maximum atomic E-state index is 14.2. The molecule has 0 fully saturated rings. The molecule has 7 nitrogen and oxygen atoms in total. The number of aliphatic imine (C=N–C) groups is 1. The zero-order valence-electron chi connectivity index (χ0n) is 23.3. The molecule has 4 aromatic carbocycles. The molecule has 0 unspecified atom stereocenters. The number of ether oxygens (including phenoxy) is 2. The van der Waals surface area contributed by atoms with Crippen molar-refractivity contribution < 1.29 is 19.4 Å². The van der Waals surface area contributed by atoms with Crippen LogP contribution >= 0.6 is 23.2 Å². The van der Waals surface area contributed by atoms with Crippen LogP contribution in [0.4, 0.5) is 5.69 Å². The Labute approximate surface area is 260 Å². The molecule has 0 saturated heterocycles. The van der Waals surface area contributed by atoms with Gasteiger partial charge in [-0.15, -0.1) is 0 Å². The van der Waals surface area contributed by atoms with Crippen molar-refractivity contribution in [2.45, 2.75) is 24.5 Å². The van der Waals surface area contributed by atoms with Crippen LogP contribution in [0.1, 0.15) is 35.6 Å². The Morgan fingerprint density at radius 3 is 2.40 bits per heavy atom. The summed E-state index contributed by atoms with van der Waals surface area (Å²) in [6.45, 7) is 0.454. The summed E-state index contributed by atoms with van der Waals surface area (Å²) in [4.78, 5) is 19.2. The van der Waals surface area contributed by atoms with E-state index in [0.717, 1.165) is 5.56 Å². The molecular weight excluding hydrogens is 585 g/mol. The van der Waals surface area contributed by atoms with Gasteiger partial charge in [-0.1, -0.05) is 90.0 Å². The summed E-state index contributed by atoms with van der Waals surface area (Å²) >= 11 is 12.9. The second-order valence-electron chi connectivity index (χ2n) is 9.92. The summed E-state index contributed by atoms with van der Waals surface area (Å²) in [7, 11) is 0. The van der Waals surface area contributed by atoms with Gasteiger partial charge in [-0.25, -0.2) is 4.99 Å². The number of aliphatic hydroxyl groups is 1. The molecule has 4 aromatic rings. The SMILES string of the molecule is O=C(NNc1ccccc1)[C@@]1(C/C=C/c2ccccc2)N=C(c2ccc(OCCCO)cc2)O[C@H]1c1ccc(Cl)cc1Cl. The number of carbonyl (C=O) groups excluding carboxylic acids is 1. The zero-order chi connectivity index (χ0) is 30.1. The Hall–Kier alpha value is -4.30. The van der Waals surface area contributed by atoms with Crippen LogP contribution in [0.25, 0.3) is 6.08 Å². The number of hydrogen-bond donors (Lipinski definition) is 3. The summed E-state index contributed by atoms with van der Waals surface area (Å²) < 4.78 is 12.2. The van der Waals surface area contributed by atoms with Crippen LogP contribution < -0.4 is 15.6 Å². The van der Waals surface area contributed by atoms with E-state index in [1.54, 1.807) is 30.3 Å². The maximum Gasteiger partial charge on any atom is 0.270 e. The Kier molecular flexibility index (Phi) is 10.00. The number of halogens is 2. The molecule has 2 atom stereocenters. The summed E-state index contributed by atoms with van der Waals surface area (Å²) in [5, 5.41) is 9.87. The van der Waals surface area contributed by atoms with Crippen molar-refractivity contribution >= 4 is 46.8 Å². The van der Waals surface area contributed by atoms with Crippen molar-refractivity contribution in [3.63, 3.8) is 0 Å². The van der Waals surface area contributed by atoms with Crippen LogP contribution in [-0.2, 0) is 9.53 Å². The second kappa shape index (κ2) is 14.2. The van der Waals surface area contributed by atoms with Crippen molar-refractivity contribution in [1.82, 2.24) is 5.43 Å². The van der Waals surface area contributed by atoms with Crippen molar-refractivity contribution in [3.05, 3.63) is 136 Å². The van der Waals surface area contributed by atoms with Gasteiger partial charge in [0.2, 0.25) is 5.90 Å². The largest absolute Gasteiger partial charge is 0.494 e. The molecule has 1 amide bonds. The summed E-state index contributed by atoms with van der Waals surface area (Å²) in [5.41, 5.74) is 7.37.